The van der Waals surface area contributed by atoms with Crippen LogP contribution in [0.1, 0.15) is 78.9 Å². The molecule has 150 valence electrons. The van der Waals surface area contributed by atoms with Gasteiger partial charge in [0, 0.05) is 0 Å². The molecule has 1 aromatic carbocycles. The highest BCUT2D eigenvalue weighted by molar-refractivity contribution is 6.96. The van der Waals surface area contributed by atoms with E-state index in [0.29, 0.717) is 0 Å². The van der Waals surface area contributed by atoms with Crippen LogP contribution >= 0.6 is 0 Å². The Morgan fingerprint density at radius 3 is 2.11 bits per heavy atom. The molecule has 0 amide bonds. The van der Waals surface area contributed by atoms with Gasteiger partial charge in [-0.1, -0.05) is 103 Å². The molecule has 2 heteroatoms. The Morgan fingerprint density at radius 2 is 1.63 bits per heavy atom. The van der Waals surface area contributed by atoms with Crippen molar-refractivity contribution in [3.8, 4) is 5.75 Å². The van der Waals surface area contributed by atoms with Crippen molar-refractivity contribution in [1.29, 1.82) is 0 Å². The third kappa shape index (κ3) is 4.42. The minimum Gasteiger partial charge on any atom is -0.497 e. The SMILES string of the molecule is CCCC1=C([Si](C)(C)c2cc(C(C)(C)C)cc(C(C)(C)C)c2OC)CC=C1. The zero-order valence-corrected chi connectivity index (χ0v) is 20.3. The molecule has 0 radical (unpaired) electrons. The number of hydrogen-bond donors (Lipinski definition) is 0. The van der Waals surface area contributed by atoms with E-state index in [1.165, 1.54) is 29.2 Å². The molecule has 0 saturated heterocycles. The average Bonchev–Trinajstić information content (AvgIpc) is 3.01. The van der Waals surface area contributed by atoms with Crippen LogP contribution in [0.15, 0.2) is 35.1 Å². The molecule has 2 rings (SSSR count). The first-order valence-electron chi connectivity index (χ1n) is 10.5. The van der Waals surface area contributed by atoms with Gasteiger partial charge < -0.3 is 4.74 Å². The summed E-state index contributed by atoms with van der Waals surface area (Å²) in [7, 11) is 0.0103. The van der Waals surface area contributed by atoms with E-state index in [1.54, 1.807) is 10.8 Å². The lowest BCUT2D eigenvalue weighted by Crippen LogP contribution is -2.46. The molecule has 1 nitrogen and oxygen atoms in total. The minimum absolute atomic E-state index is 0.0559. The molecule has 0 saturated carbocycles. The fourth-order valence-electron chi connectivity index (χ4n) is 4.18. The third-order valence-corrected chi connectivity index (χ3v) is 9.70. The first kappa shape index (κ1) is 22.0. The molecule has 0 N–H and O–H groups in total. The smallest absolute Gasteiger partial charge is 0.122 e. The summed E-state index contributed by atoms with van der Waals surface area (Å²) in [5, 5.41) is 3.16. The van der Waals surface area contributed by atoms with Gasteiger partial charge in [0.05, 0.1) is 7.11 Å². The van der Waals surface area contributed by atoms with Crippen LogP contribution in [0.2, 0.25) is 13.1 Å². The predicted molar refractivity (Wildman–Crippen MR) is 123 cm³/mol. The first-order chi connectivity index (χ1) is 12.3. The van der Waals surface area contributed by atoms with Crippen LogP contribution in [0, 0.1) is 0 Å². The van der Waals surface area contributed by atoms with E-state index in [0.717, 1.165) is 12.2 Å². The second-order valence-electron chi connectivity index (χ2n) is 10.6. The molecule has 0 unspecified atom stereocenters. The number of hydrogen-bond acceptors (Lipinski definition) is 1. The van der Waals surface area contributed by atoms with Crippen molar-refractivity contribution < 1.29 is 4.74 Å². The van der Waals surface area contributed by atoms with E-state index < -0.39 is 8.07 Å². The van der Waals surface area contributed by atoms with Gasteiger partial charge in [0.25, 0.3) is 0 Å². The number of ether oxygens (including phenoxy) is 1. The van der Waals surface area contributed by atoms with Gasteiger partial charge in [0.2, 0.25) is 0 Å². The Morgan fingerprint density at radius 1 is 1.00 bits per heavy atom. The number of methoxy groups -OCH3 is 1. The van der Waals surface area contributed by atoms with Crippen LogP contribution in [-0.4, -0.2) is 15.2 Å². The van der Waals surface area contributed by atoms with Gasteiger partial charge in [-0.2, -0.15) is 0 Å². The molecule has 0 atom stereocenters. The lowest BCUT2D eigenvalue weighted by molar-refractivity contribution is 0.399. The summed E-state index contributed by atoms with van der Waals surface area (Å²) in [5.41, 5.74) is 4.53. The first-order valence-corrected chi connectivity index (χ1v) is 13.5. The van der Waals surface area contributed by atoms with Gasteiger partial charge >= 0.3 is 0 Å². The Kier molecular flexibility index (Phi) is 6.21. The molecule has 27 heavy (non-hydrogen) atoms. The van der Waals surface area contributed by atoms with Crippen molar-refractivity contribution in [2.24, 2.45) is 0 Å². The van der Waals surface area contributed by atoms with Gasteiger partial charge in [-0.3, -0.25) is 0 Å². The number of benzene rings is 1. The molecule has 0 bridgehead atoms. The Balaban J connectivity index is 2.80. The molecule has 1 aliphatic carbocycles. The summed E-state index contributed by atoms with van der Waals surface area (Å²) >= 11 is 0. The largest absolute Gasteiger partial charge is 0.497 e. The second-order valence-corrected chi connectivity index (χ2v) is 15.0. The van der Waals surface area contributed by atoms with E-state index >= 15 is 0 Å². The van der Waals surface area contributed by atoms with Crippen LogP contribution in [-0.2, 0) is 10.8 Å². The van der Waals surface area contributed by atoms with Crippen LogP contribution in [0.5, 0.6) is 5.75 Å². The standard InChI is InChI=1S/C25H40OSi/c1-11-13-18-14-12-15-21(18)27(9,10)22-17-19(24(2,3)4)16-20(23(22)26-8)25(5,6)7/h12,14,16-17H,11,13,15H2,1-10H3. The van der Waals surface area contributed by atoms with Gasteiger partial charge in [0.1, 0.15) is 13.8 Å². The molecule has 0 spiro atoms. The van der Waals surface area contributed by atoms with E-state index in [2.05, 4.69) is 85.8 Å². The summed E-state index contributed by atoms with van der Waals surface area (Å²) < 4.78 is 6.10. The minimum atomic E-state index is -1.84. The van der Waals surface area contributed by atoms with Crippen molar-refractivity contribution in [2.75, 3.05) is 7.11 Å². The molecule has 0 fully saturated rings. The number of allylic oxidation sites excluding steroid dienone is 4. The van der Waals surface area contributed by atoms with Crippen LogP contribution in [0.4, 0.5) is 0 Å². The number of rotatable bonds is 5. The molecule has 1 aromatic rings. The molecular formula is C25H40OSi. The molecule has 0 aliphatic heterocycles. The Labute approximate surface area is 168 Å². The lowest BCUT2D eigenvalue weighted by atomic mass is 9.80. The average molecular weight is 385 g/mol. The van der Waals surface area contributed by atoms with Crippen LogP contribution in [0.3, 0.4) is 0 Å². The lowest BCUT2D eigenvalue weighted by Gasteiger charge is -2.34. The van der Waals surface area contributed by atoms with Gasteiger partial charge in [0.15, 0.2) is 0 Å². The maximum Gasteiger partial charge on any atom is 0.122 e. The molecule has 0 heterocycles. The summed E-state index contributed by atoms with van der Waals surface area (Å²) in [5.74, 6) is 1.13. The van der Waals surface area contributed by atoms with E-state index in [-0.39, 0.29) is 10.8 Å². The highest BCUT2D eigenvalue weighted by Crippen LogP contribution is 2.38. The Hall–Kier alpha value is -1.28. The van der Waals surface area contributed by atoms with Crippen molar-refractivity contribution in [3.63, 3.8) is 0 Å². The van der Waals surface area contributed by atoms with Crippen molar-refractivity contribution >= 4 is 13.3 Å². The zero-order chi connectivity index (χ0) is 20.6. The fourth-order valence-corrected chi connectivity index (χ4v) is 7.46. The van der Waals surface area contributed by atoms with Crippen LogP contribution < -0.4 is 9.92 Å². The van der Waals surface area contributed by atoms with Crippen molar-refractivity contribution in [1.82, 2.24) is 0 Å². The van der Waals surface area contributed by atoms with E-state index in [9.17, 15) is 0 Å². The molecule has 0 aromatic heterocycles. The normalized spacial score (nSPS) is 15.6. The monoisotopic (exact) mass is 384 g/mol. The summed E-state index contributed by atoms with van der Waals surface area (Å²) in [6, 6.07) is 4.86. The van der Waals surface area contributed by atoms with Crippen LogP contribution in [0.25, 0.3) is 0 Å². The summed E-state index contributed by atoms with van der Waals surface area (Å²) in [6.45, 7) is 21.2. The summed E-state index contributed by atoms with van der Waals surface area (Å²) in [4.78, 5) is 0. The predicted octanol–water partition coefficient (Wildman–Crippen LogP) is 6.80. The summed E-state index contributed by atoms with van der Waals surface area (Å²) in [6.07, 6.45) is 8.25. The maximum absolute atomic E-state index is 6.10. The van der Waals surface area contributed by atoms with E-state index in [1.807, 2.05) is 7.11 Å². The highest BCUT2D eigenvalue weighted by atomic mass is 28.3. The van der Waals surface area contributed by atoms with Crippen molar-refractivity contribution in [3.05, 3.63) is 46.2 Å². The quantitative estimate of drug-likeness (QED) is 0.507. The molecule has 1 aliphatic rings. The van der Waals surface area contributed by atoms with Crippen molar-refractivity contribution in [2.45, 2.75) is 91.7 Å². The zero-order valence-electron chi connectivity index (χ0n) is 19.3. The third-order valence-electron chi connectivity index (χ3n) is 5.94. The van der Waals surface area contributed by atoms with Gasteiger partial charge in [-0.05, 0) is 40.0 Å². The topological polar surface area (TPSA) is 9.23 Å². The highest BCUT2D eigenvalue weighted by Gasteiger charge is 2.37. The second kappa shape index (κ2) is 7.62. The van der Waals surface area contributed by atoms with Gasteiger partial charge in [-0.25, -0.2) is 0 Å². The van der Waals surface area contributed by atoms with E-state index in [4.69, 9.17) is 4.74 Å². The molecular weight excluding hydrogens is 344 g/mol. The Bertz CT molecular complexity index is 752. The maximum atomic E-state index is 6.10. The fraction of sp³-hybridized carbons (Fsp3) is 0.600. The van der Waals surface area contributed by atoms with Gasteiger partial charge in [-0.15, -0.1) is 0 Å².